The molecule has 0 aliphatic heterocycles. The molecule has 25 heavy (non-hydrogen) atoms. The summed E-state index contributed by atoms with van der Waals surface area (Å²) in [6.45, 7) is 11.2. The topological polar surface area (TPSA) is 52.6 Å². The summed E-state index contributed by atoms with van der Waals surface area (Å²) in [6.07, 6.45) is 8.55. The number of hydrogen-bond acceptors (Lipinski definition) is 4. The largest absolute Gasteiger partial charge is 0.465 e. The monoisotopic (exact) mass is 356 g/mol. The van der Waals surface area contributed by atoms with Gasteiger partial charge in [-0.15, -0.1) is 0 Å². The highest BCUT2D eigenvalue weighted by Crippen LogP contribution is 2.17. The molecule has 3 atom stereocenters. The first-order valence-corrected chi connectivity index (χ1v) is 10.3. The van der Waals surface area contributed by atoms with Gasteiger partial charge in [-0.25, -0.2) is 0 Å². The molecule has 0 saturated carbocycles. The normalized spacial score (nSPS) is 14.6. The van der Waals surface area contributed by atoms with Gasteiger partial charge in [0.15, 0.2) is 0 Å². The average Bonchev–Trinajstić information content (AvgIpc) is 2.61. The molecule has 0 aliphatic rings. The van der Waals surface area contributed by atoms with E-state index in [-0.39, 0.29) is 29.7 Å². The predicted molar refractivity (Wildman–Crippen MR) is 102 cm³/mol. The van der Waals surface area contributed by atoms with Crippen molar-refractivity contribution in [3.05, 3.63) is 0 Å². The summed E-state index contributed by atoms with van der Waals surface area (Å²) in [7, 11) is 0. The Morgan fingerprint density at radius 1 is 0.760 bits per heavy atom. The van der Waals surface area contributed by atoms with Crippen molar-refractivity contribution in [3.8, 4) is 0 Å². The zero-order chi connectivity index (χ0) is 19.1. The summed E-state index contributed by atoms with van der Waals surface area (Å²) in [5, 5.41) is 0. The molecule has 0 amide bonds. The van der Waals surface area contributed by atoms with Crippen molar-refractivity contribution in [2.45, 2.75) is 92.4 Å². The van der Waals surface area contributed by atoms with Crippen LogP contribution in [0.3, 0.4) is 0 Å². The second-order valence-electron chi connectivity index (χ2n) is 7.19. The van der Waals surface area contributed by atoms with Crippen molar-refractivity contribution in [2.24, 2.45) is 17.8 Å². The summed E-state index contributed by atoms with van der Waals surface area (Å²) in [6, 6.07) is 0. The molecule has 0 spiro atoms. The van der Waals surface area contributed by atoms with E-state index in [1.807, 2.05) is 20.8 Å². The highest BCUT2D eigenvalue weighted by atomic mass is 16.5. The van der Waals surface area contributed by atoms with Gasteiger partial charge >= 0.3 is 11.9 Å². The van der Waals surface area contributed by atoms with Crippen LogP contribution in [-0.4, -0.2) is 25.2 Å². The molecule has 0 aromatic heterocycles. The number of hydrogen-bond donors (Lipinski definition) is 0. The molecular weight excluding hydrogens is 316 g/mol. The third-order valence-electron chi connectivity index (χ3n) is 4.83. The number of ether oxygens (including phenoxy) is 2. The number of rotatable bonds is 15. The van der Waals surface area contributed by atoms with Gasteiger partial charge in [0.25, 0.3) is 0 Å². The van der Waals surface area contributed by atoms with Gasteiger partial charge < -0.3 is 9.47 Å². The lowest BCUT2D eigenvalue weighted by Crippen LogP contribution is -2.22. The molecule has 0 rings (SSSR count). The molecule has 0 radical (unpaired) electrons. The van der Waals surface area contributed by atoms with Crippen LogP contribution in [0.2, 0.25) is 0 Å². The van der Waals surface area contributed by atoms with Gasteiger partial charge in [0.1, 0.15) is 0 Å². The smallest absolute Gasteiger partial charge is 0.308 e. The van der Waals surface area contributed by atoms with Crippen LogP contribution in [0.4, 0.5) is 0 Å². The van der Waals surface area contributed by atoms with Gasteiger partial charge in [-0.1, -0.05) is 60.3 Å². The quantitative estimate of drug-likeness (QED) is 0.362. The van der Waals surface area contributed by atoms with E-state index in [1.54, 1.807) is 0 Å². The van der Waals surface area contributed by atoms with Crippen molar-refractivity contribution in [1.82, 2.24) is 0 Å². The average molecular weight is 357 g/mol. The summed E-state index contributed by atoms with van der Waals surface area (Å²) in [4.78, 5) is 24.1. The molecule has 0 aromatic carbocycles. The highest BCUT2D eigenvalue weighted by Gasteiger charge is 2.19. The summed E-state index contributed by atoms with van der Waals surface area (Å²) in [5.74, 6) is 0.0955. The van der Waals surface area contributed by atoms with Crippen molar-refractivity contribution in [2.75, 3.05) is 13.2 Å². The van der Waals surface area contributed by atoms with E-state index in [9.17, 15) is 9.59 Å². The Bertz CT molecular complexity index is 354. The fourth-order valence-corrected chi connectivity index (χ4v) is 2.78. The number of unbranched alkanes of at least 4 members (excludes halogenated alkanes) is 2. The Balaban J connectivity index is 4.00. The molecule has 0 fully saturated rings. The number of carbonyl (C=O) groups excluding carboxylic acids is 2. The first-order chi connectivity index (χ1) is 12.0. The number of carbonyl (C=O) groups is 2. The summed E-state index contributed by atoms with van der Waals surface area (Å²) < 4.78 is 10.9. The fraction of sp³-hybridized carbons (Fsp3) is 0.905. The lowest BCUT2D eigenvalue weighted by atomic mass is 9.99. The standard InChI is InChI=1S/C21H40O4/c1-6-10-12-18(8-3)20(22)24-15-14-17(5)16-25-21(23)19(9-4)13-11-7-2/h17-19H,6-16H2,1-5H3. The maximum Gasteiger partial charge on any atom is 0.308 e. The van der Waals surface area contributed by atoms with Crippen molar-refractivity contribution in [1.29, 1.82) is 0 Å². The van der Waals surface area contributed by atoms with E-state index < -0.39 is 0 Å². The van der Waals surface area contributed by atoms with Crippen molar-refractivity contribution in [3.63, 3.8) is 0 Å². The van der Waals surface area contributed by atoms with Crippen LogP contribution in [0.25, 0.3) is 0 Å². The van der Waals surface area contributed by atoms with E-state index in [4.69, 9.17) is 9.47 Å². The van der Waals surface area contributed by atoms with E-state index in [0.717, 1.165) is 57.8 Å². The van der Waals surface area contributed by atoms with Crippen LogP contribution in [0.5, 0.6) is 0 Å². The van der Waals surface area contributed by atoms with Crippen LogP contribution in [0, 0.1) is 17.8 Å². The summed E-state index contributed by atoms with van der Waals surface area (Å²) >= 11 is 0. The zero-order valence-electron chi connectivity index (χ0n) is 17.1. The van der Waals surface area contributed by atoms with Crippen LogP contribution in [-0.2, 0) is 19.1 Å². The van der Waals surface area contributed by atoms with Gasteiger partial charge in [-0.3, -0.25) is 9.59 Å². The van der Waals surface area contributed by atoms with E-state index in [2.05, 4.69) is 13.8 Å². The van der Waals surface area contributed by atoms with Crippen LogP contribution in [0.15, 0.2) is 0 Å². The molecule has 3 unspecified atom stereocenters. The minimum absolute atomic E-state index is 0.0221. The van der Waals surface area contributed by atoms with Gasteiger partial charge in [0.05, 0.1) is 25.0 Å². The molecule has 4 heteroatoms. The number of esters is 2. The Morgan fingerprint density at radius 3 is 1.68 bits per heavy atom. The third kappa shape index (κ3) is 11.2. The molecule has 0 aromatic rings. The van der Waals surface area contributed by atoms with Gasteiger partial charge in [-0.05, 0) is 38.0 Å². The lowest BCUT2D eigenvalue weighted by Gasteiger charge is -2.18. The van der Waals surface area contributed by atoms with Gasteiger partial charge in [0, 0.05) is 0 Å². The molecule has 0 heterocycles. The molecule has 0 bridgehead atoms. The van der Waals surface area contributed by atoms with E-state index >= 15 is 0 Å². The Kier molecular flexibility index (Phi) is 14.6. The summed E-state index contributed by atoms with van der Waals surface area (Å²) in [5.41, 5.74) is 0. The van der Waals surface area contributed by atoms with E-state index in [0.29, 0.717) is 13.2 Å². The Morgan fingerprint density at radius 2 is 1.24 bits per heavy atom. The van der Waals surface area contributed by atoms with Crippen LogP contribution in [0.1, 0.15) is 92.4 Å². The van der Waals surface area contributed by atoms with Gasteiger partial charge in [0.2, 0.25) is 0 Å². The van der Waals surface area contributed by atoms with Crippen molar-refractivity contribution >= 4 is 11.9 Å². The minimum atomic E-state index is -0.0783. The maximum atomic E-state index is 12.1. The second kappa shape index (κ2) is 15.2. The first-order valence-electron chi connectivity index (χ1n) is 10.3. The first kappa shape index (κ1) is 23.9. The Hall–Kier alpha value is -1.06. The Labute approximate surface area is 155 Å². The molecule has 4 nitrogen and oxygen atoms in total. The van der Waals surface area contributed by atoms with E-state index in [1.165, 1.54) is 0 Å². The lowest BCUT2D eigenvalue weighted by molar-refractivity contribution is -0.152. The third-order valence-corrected chi connectivity index (χ3v) is 4.83. The second-order valence-corrected chi connectivity index (χ2v) is 7.19. The molecule has 0 aliphatic carbocycles. The molecule has 148 valence electrons. The molecule has 0 saturated heterocycles. The molecular formula is C21H40O4. The maximum absolute atomic E-state index is 12.1. The predicted octanol–water partition coefficient (Wildman–Crippen LogP) is 5.53. The fourth-order valence-electron chi connectivity index (χ4n) is 2.78. The highest BCUT2D eigenvalue weighted by molar-refractivity contribution is 5.72. The van der Waals surface area contributed by atoms with Crippen LogP contribution >= 0.6 is 0 Å². The van der Waals surface area contributed by atoms with Crippen molar-refractivity contribution < 1.29 is 19.1 Å². The molecule has 0 N–H and O–H groups in total. The SMILES string of the molecule is CCCCC(CC)C(=O)OCCC(C)COC(=O)C(CC)CCCC. The van der Waals surface area contributed by atoms with Gasteiger partial charge in [-0.2, -0.15) is 0 Å². The zero-order valence-corrected chi connectivity index (χ0v) is 17.1. The minimum Gasteiger partial charge on any atom is -0.465 e. The van der Waals surface area contributed by atoms with Crippen LogP contribution < -0.4 is 0 Å².